The van der Waals surface area contributed by atoms with E-state index in [1.807, 2.05) is 13.8 Å². The van der Waals surface area contributed by atoms with E-state index >= 15 is 0 Å². The SMILES string of the molecule is COc1cccc(/C=C2\CCn3c2nc2sc(C)c(C)c2c3=O)c1OC(F)F. The van der Waals surface area contributed by atoms with Gasteiger partial charge in [-0.15, -0.1) is 11.3 Å². The summed E-state index contributed by atoms with van der Waals surface area (Å²) in [5.74, 6) is 0.764. The van der Waals surface area contributed by atoms with Gasteiger partial charge in [0.2, 0.25) is 0 Å². The molecule has 1 aliphatic rings. The molecule has 4 rings (SSSR count). The Kier molecular flexibility index (Phi) is 4.66. The van der Waals surface area contributed by atoms with Gasteiger partial charge >= 0.3 is 6.61 Å². The van der Waals surface area contributed by atoms with Crippen molar-refractivity contribution in [1.29, 1.82) is 0 Å². The molecule has 0 spiro atoms. The number of hydrogen-bond donors (Lipinski definition) is 0. The summed E-state index contributed by atoms with van der Waals surface area (Å²) in [5, 5.41) is 0.663. The fourth-order valence-corrected chi connectivity index (χ4v) is 4.49. The molecule has 5 nitrogen and oxygen atoms in total. The second-order valence-corrected chi connectivity index (χ2v) is 7.74. The van der Waals surface area contributed by atoms with Gasteiger partial charge in [0.05, 0.1) is 12.5 Å². The Balaban J connectivity index is 1.87. The summed E-state index contributed by atoms with van der Waals surface area (Å²) in [4.78, 5) is 19.4. The lowest BCUT2D eigenvalue weighted by atomic mass is 10.1. The van der Waals surface area contributed by atoms with Crippen molar-refractivity contribution in [3.8, 4) is 11.5 Å². The van der Waals surface area contributed by atoms with Gasteiger partial charge in [-0.1, -0.05) is 12.1 Å². The molecule has 0 fully saturated rings. The Morgan fingerprint density at radius 1 is 1.32 bits per heavy atom. The van der Waals surface area contributed by atoms with Crippen LogP contribution in [0, 0.1) is 13.8 Å². The fraction of sp³-hybridized carbons (Fsp3) is 0.300. The third-order valence-electron chi connectivity index (χ3n) is 4.95. The molecule has 0 atom stereocenters. The van der Waals surface area contributed by atoms with Crippen molar-refractivity contribution in [2.45, 2.75) is 33.4 Å². The quantitative estimate of drug-likeness (QED) is 0.636. The van der Waals surface area contributed by atoms with Gasteiger partial charge in [-0.3, -0.25) is 9.36 Å². The van der Waals surface area contributed by atoms with Crippen molar-refractivity contribution < 1.29 is 18.3 Å². The summed E-state index contributed by atoms with van der Waals surface area (Å²) >= 11 is 1.49. The minimum absolute atomic E-state index is 0.0304. The lowest BCUT2D eigenvalue weighted by Gasteiger charge is -2.13. The van der Waals surface area contributed by atoms with Crippen LogP contribution < -0.4 is 15.0 Å². The first kappa shape index (κ1) is 18.6. The van der Waals surface area contributed by atoms with Gasteiger partial charge in [0.15, 0.2) is 11.5 Å². The second-order valence-electron chi connectivity index (χ2n) is 6.53. The molecule has 1 aromatic carbocycles. The summed E-state index contributed by atoms with van der Waals surface area (Å²) in [7, 11) is 1.40. The van der Waals surface area contributed by atoms with Gasteiger partial charge < -0.3 is 9.47 Å². The van der Waals surface area contributed by atoms with Gasteiger partial charge in [0.25, 0.3) is 5.56 Å². The molecule has 0 radical (unpaired) electrons. The zero-order chi connectivity index (χ0) is 20.0. The number of alkyl halides is 2. The number of hydrogen-bond acceptors (Lipinski definition) is 5. The Morgan fingerprint density at radius 3 is 2.82 bits per heavy atom. The van der Waals surface area contributed by atoms with Crippen molar-refractivity contribution in [3.05, 3.63) is 50.4 Å². The number of rotatable bonds is 4. The Labute approximate surface area is 163 Å². The maximum Gasteiger partial charge on any atom is 0.387 e. The lowest BCUT2D eigenvalue weighted by Crippen LogP contribution is -2.20. The average Bonchev–Trinajstić information content (AvgIpc) is 3.18. The van der Waals surface area contributed by atoms with E-state index in [9.17, 15) is 13.6 Å². The maximum absolute atomic E-state index is 12.9. The van der Waals surface area contributed by atoms with E-state index in [0.29, 0.717) is 34.6 Å². The number of aryl methyl sites for hydroxylation is 2. The Hall–Kier alpha value is -2.74. The van der Waals surface area contributed by atoms with Crippen molar-refractivity contribution in [2.75, 3.05) is 7.11 Å². The molecule has 0 saturated carbocycles. The second kappa shape index (κ2) is 7.01. The van der Waals surface area contributed by atoms with Gasteiger partial charge in [-0.2, -0.15) is 8.78 Å². The summed E-state index contributed by atoms with van der Waals surface area (Å²) in [6.45, 7) is 1.44. The van der Waals surface area contributed by atoms with Crippen LogP contribution in [0.5, 0.6) is 11.5 Å². The van der Waals surface area contributed by atoms with Gasteiger partial charge in [-0.05, 0) is 43.5 Å². The summed E-state index contributed by atoms with van der Waals surface area (Å²) in [6, 6.07) is 4.94. The molecule has 0 N–H and O–H groups in total. The van der Waals surface area contributed by atoms with Crippen molar-refractivity contribution in [1.82, 2.24) is 9.55 Å². The molecule has 3 aromatic rings. The zero-order valence-electron chi connectivity index (χ0n) is 15.6. The number of halogens is 2. The third kappa shape index (κ3) is 2.97. The largest absolute Gasteiger partial charge is 0.493 e. The van der Waals surface area contributed by atoms with E-state index in [2.05, 4.69) is 4.74 Å². The minimum atomic E-state index is -2.97. The first-order valence-electron chi connectivity index (χ1n) is 8.74. The van der Waals surface area contributed by atoms with Gasteiger partial charge in [-0.25, -0.2) is 4.98 Å². The first-order chi connectivity index (χ1) is 13.4. The van der Waals surface area contributed by atoms with Crippen LogP contribution in [-0.2, 0) is 6.54 Å². The molecule has 0 saturated heterocycles. The number of allylic oxidation sites excluding steroid dienone is 1. The monoisotopic (exact) mass is 404 g/mol. The van der Waals surface area contributed by atoms with E-state index in [0.717, 1.165) is 16.0 Å². The normalized spacial score (nSPS) is 14.9. The number of benzene rings is 1. The number of aromatic nitrogens is 2. The van der Waals surface area contributed by atoms with Crippen molar-refractivity contribution in [2.24, 2.45) is 0 Å². The Morgan fingerprint density at radius 2 is 2.11 bits per heavy atom. The van der Waals surface area contributed by atoms with Crippen LogP contribution >= 0.6 is 11.3 Å². The molecule has 8 heteroatoms. The zero-order valence-corrected chi connectivity index (χ0v) is 16.4. The minimum Gasteiger partial charge on any atom is -0.493 e. The highest BCUT2D eigenvalue weighted by Gasteiger charge is 2.24. The summed E-state index contributed by atoms with van der Waals surface area (Å²) in [6.07, 6.45) is 2.33. The van der Waals surface area contributed by atoms with E-state index in [4.69, 9.17) is 9.72 Å². The summed E-state index contributed by atoms with van der Waals surface area (Å²) in [5.41, 5.74) is 2.16. The molecule has 146 valence electrons. The smallest absolute Gasteiger partial charge is 0.387 e. The molecule has 1 aliphatic heterocycles. The van der Waals surface area contributed by atoms with E-state index in [1.165, 1.54) is 18.4 Å². The Bertz CT molecular complexity index is 1160. The molecular formula is C20H18F2N2O3S. The maximum atomic E-state index is 12.9. The number of methoxy groups -OCH3 is 1. The lowest BCUT2D eigenvalue weighted by molar-refractivity contribution is -0.0513. The average molecular weight is 404 g/mol. The predicted octanol–water partition coefficient (Wildman–Crippen LogP) is 4.63. The van der Waals surface area contributed by atoms with Gasteiger partial charge in [0.1, 0.15) is 10.7 Å². The summed E-state index contributed by atoms with van der Waals surface area (Å²) < 4.78 is 37.3. The van der Waals surface area contributed by atoms with Crippen LogP contribution in [0.15, 0.2) is 23.0 Å². The molecule has 0 unspecified atom stereocenters. The van der Waals surface area contributed by atoms with Gasteiger partial charge in [0, 0.05) is 17.0 Å². The number of nitrogens with zero attached hydrogens (tertiary/aromatic N) is 2. The van der Waals surface area contributed by atoms with Crippen molar-refractivity contribution in [3.63, 3.8) is 0 Å². The number of para-hydroxylation sites is 1. The number of ether oxygens (including phenoxy) is 2. The third-order valence-corrected chi connectivity index (χ3v) is 6.05. The van der Waals surface area contributed by atoms with E-state index in [-0.39, 0.29) is 17.1 Å². The topological polar surface area (TPSA) is 53.4 Å². The number of fused-ring (bicyclic) bond motifs is 2. The molecule has 0 aliphatic carbocycles. The van der Waals surface area contributed by atoms with E-state index < -0.39 is 6.61 Å². The molecular weight excluding hydrogens is 386 g/mol. The van der Waals surface area contributed by atoms with Crippen molar-refractivity contribution >= 4 is 33.2 Å². The first-order valence-corrected chi connectivity index (χ1v) is 9.55. The van der Waals surface area contributed by atoms with Crippen LogP contribution in [0.25, 0.3) is 21.9 Å². The van der Waals surface area contributed by atoms with Crippen LogP contribution in [0.3, 0.4) is 0 Å². The standard InChI is InChI=1S/C20H18F2N2O3S/c1-10-11(2)28-18-15(10)19(25)24-8-7-13(17(24)23-18)9-12-5-4-6-14(26-3)16(12)27-20(21)22/h4-6,9,20H,7-8H2,1-3H3/b13-9+. The highest BCUT2D eigenvalue weighted by atomic mass is 32.1. The van der Waals surface area contributed by atoms with Crippen LogP contribution in [0.4, 0.5) is 8.78 Å². The predicted molar refractivity (Wildman–Crippen MR) is 105 cm³/mol. The fourth-order valence-electron chi connectivity index (χ4n) is 3.47. The van der Waals surface area contributed by atoms with Crippen LogP contribution in [-0.4, -0.2) is 23.3 Å². The molecule has 0 amide bonds. The van der Waals surface area contributed by atoms with Crippen LogP contribution in [0.1, 0.15) is 28.2 Å². The number of thiophene rings is 1. The highest BCUT2D eigenvalue weighted by Crippen LogP contribution is 2.37. The highest BCUT2D eigenvalue weighted by molar-refractivity contribution is 7.18. The van der Waals surface area contributed by atoms with E-state index in [1.54, 1.807) is 28.8 Å². The van der Waals surface area contributed by atoms with Crippen LogP contribution in [0.2, 0.25) is 0 Å². The molecule has 28 heavy (non-hydrogen) atoms. The molecule has 2 aromatic heterocycles. The molecule has 0 bridgehead atoms. The molecule has 3 heterocycles.